The first kappa shape index (κ1) is 14.6. The first-order valence-electron chi connectivity index (χ1n) is 7.09. The van der Waals surface area contributed by atoms with Gasteiger partial charge < -0.3 is 4.98 Å². The molecule has 1 N–H and O–H groups in total. The smallest absolute Gasteiger partial charge is 0.125 e. The van der Waals surface area contributed by atoms with E-state index >= 15 is 0 Å². The molecule has 1 unspecified atom stereocenters. The van der Waals surface area contributed by atoms with E-state index in [1.165, 1.54) is 43.7 Å². The molecule has 0 bridgehead atoms. The standard InChI is InChI=1S/C16H21BrFN/c1-3-4-5-6-7-11(2)14-10-19-16-13(14)8-12(18)9-15(16)17/h8-11,19H,3-7H2,1-2H3. The number of H-pyrrole nitrogens is 1. The van der Waals surface area contributed by atoms with E-state index in [1.807, 2.05) is 6.20 Å². The summed E-state index contributed by atoms with van der Waals surface area (Å²) in [6.07, 6.45) is 8.31. The second kappa shape index (κ2) is 6.56. The molecule has 0 aliphatic heterocycles. The lowest BCUT2D eigenvalue weighted by molar-refractivity contribution is 0.581. The molecule has 0 fully saturated rings. The lowest BCUT2D eigenvalue weighted by Gasteiger charge is -2.10. The first-order chi connectivity index (χ1) is 9.13. The summed E-state index contributed by atoms with van der Waals surface area (Å²) >= 11 is 3.41. The minimum atomic E-state index is -0.182. The molecule has 1 aromatic heterocycles. The molecule has 1 atom stereocenters. The van der Waals surface area contributed by atoms with Crippen molar-refractivity contribution in [2.75, 3.05) is 0 Å². The number of nitrogens with one attached hydrogen (secondary N) is 1. The molecule has 1 heterocycles. The minimum absolute atomic E-state index is 0.182. The van der Waals surface area contributed by atoms with Crippen LogP contribution < -0.4 is 0 Å². The number of benzene rings is 1. The predicted molar refractivity (Wildman–Crippen MR) is 83.1 cm³/mol. The highest BCUT2D eigenvalue weighted by atomic mass is 79.9. The molecule has 3 heteroatoms. The highest BCUT2D eigenvalue weighted by molar-refractivity contribution is 9.10. The molecule has 0 aliphatic carbocycles. The van der Waals surface area contributed by atoms with Crippen LogP contribution in [0, 0.1) is 5.82 Å². The van der Waals surface area contributed by atoms with Gasteiger partial charge in [-0.3, -0.25) is 0 Å². The SMILES string of the molecule is CCCCCCC(C)c1c[nH]c2c(Br)cc(F)cc12. The van der Waals surface area contributed by atoms with Gasteiger partial charge in [0.2, 0.25) is 0 Å². The minimum Gasteiger partial charge on any atom is -0.360 e. The van der Waals surface area contributed by atoms with Crippen molar-refractivity contribution < 1.29 is 4.39 Å². The maximum absolute atomic E-state index is 13.5. The van der Waals surface area contributed by atoms with E-state index in [4.69, 9.17) is 0 Å². The molecule has 1 aromatic carbocycles. The zero-order valence-electron chi connectivity index (χ0n) is 11.6. The van der Waals surface area contributed by atoms with Crippen molar-refractivity contribution in [3.63, 3.8) is 0 Å². The van der Waals surface area contributed by atoms with Crippen molar-refractivity contribution in [1.82, 2.24) is 4.98 Å². The van der Waals surface area contributed by atoms with Gasteiger partial charge in [-0.15, -0.1) is 0 Å². The molecular weight excluding hydrogens is 305 g/mol. The lowest BCUT2D eigenvalue weighted by Crippen LogP contribution is -1.93. The summed E-state index contributed by atoms with van der Waals surface area (Å²) in [5.74, 6) is 0.290. The largest absolute Gasteiger partial charge is 0.360 e. The molecular formula is C16H21BrFN. The molecule has 0 saturated heterocycles. The summed E-state index contributed by atoms with van der Waals surface area (Å²) in [5, 5.41) is 1.01. The zero-order chi connectivity index (χ0) is 13.8. The van der Waals surface area contributed by atoms with Gasteiger partial charge in [0.25, 0.3) is 0 Å². The third-order valence-corrected chi connectivity index (χ3v) is 4.39. The Morgan fingerprint density at radius 1 is 1.26 bits per heavy atom. The molecule has 0 saturated carbocycles. The molecule has 19 heavy (non-hydrogen) atoms. The third kappa shape index (κ3) is 3.38. The van der Waals surface area contributed by atoms with E-state index < -0.39 is 0 Å². The molecule has 1 nitrogen and oxygen atoms in total. The average molecular weight is 326 g/mol. The quantitative estimate of drug-likeness (QED) is 0.613. The number of aromatic amines is 1. The van der Waals surface area contributed by atoms with E-state index in [2.05, 4.69) is 34.8 Å². The van der Waals surface area contributed by atoms with Gasteiger partial charge in [-0.2, -0.15) is 0 Å². The van der Waals surface area contributed by atoms with Gasteiger partial charge in [-0.25, -0.2) is 4.39 Å². The van der Waals surface area contributed by atoms with Crippen LogP contribution in [-0.2, 0) is 0 Å². The molecule has 0 aliphatic rings. The van der Waals surface area contributed by atoms with Crippen molar-refractivity contribution >= 4 is 26.8 Å². The monoisotopic (exact) mass is 325 g/mol. The summed E-state index contributed by atoms with van der Waals surface area (Å²) in [5.41, 5.74) is 2.23. The Morgan fingerprint density at radius 3 is 2.79 bits per heavy atom. The van der Waals surface area contributed by atoms with E-state index in [9.17, 15) is 4.39 Å². The predicted octanol–water partition coefficient (Wildman–Crippen LogP) is 6.14. The summed E-state index contributed by atoms with van der Waals surface area (Å²) in [7, 11) is 0. The summed E-state index contributed by atoms with van der Waals surface area (Å²) in [6.45, 7) is 4.46. The van der Waals surface area contributed by atoms with Crippen molar-refractivity contribution in [3.8, 4) is 0 Å². The fourth-order valence-electron chi connectivity index (χ4n) is 2.62. The molecule has 0 radical (unpaired) electrons. The molecule has 2 aromatic rings. The summed E-state index contributed by atoms with van der Waals surface area (Å²) in [4.78, 5) is 3.25. The van der Waals surface area contributed by atoms with Crippen LogP contribution in [-0.4, -0.2) is 4.98 Å². The van der Waals surface area contributed by atoms with Crippen LogP contribution in [0.2, 0.25) is 0 Å². The maximum Gasteiger partial charge on any atom is 0.125 e. The third-order valence-electron chi connectivity index (χ3n) is 3.76. The number of fused-ring (bicyclic) bond motifs is 1. The highest BCUT2D eigenvalue weighted by Crippen LogP contribution is 2.33. The van der Waals surface area contributed by atoms with E-state index in [1.54, 1.807) is 6.07 Å². The van der Waals surface area contributed by atoms with E-state index in [0.29, 0.717) is 5.92 Å². The number of rotatable bonds is 6. The van der Waals surface area contributed by atoms with E-state index in [0.717, 1.165) is 15.4 Å². The van der Waals surface area contributed by atoms with Crippen LogP contribution >= 0.6 is 15.9 Å². The maximum atomic E-state index is 13.5. The van der Waals surface area contributed by atoms with Gasteiger partial charge in [0, 0.05) is 16.1 Å². The topological polar surface area (TPSA) is 15.8 Å². The Morgan fingerprint density at radius 2 is 2.05 bits per heavy atom. The van der Waals surface area contributed by atoms with Gasteiger partial charge >= 0.3 is 0 Å². The van der Waals surface area contributed by atoms with Gasteiger partial charge in [0.15, 0.2) is 0 Å². The first-order valence-corrected chi connectivity index (χ1v) is 7.88. The van der Waals surface area contributed by atoms with Gasteiger partial charge in [0.1, 0.15) is 5.82 Å². The number of hydrogen-bond donors (Lipinski definition) is 1. The Labute approximate surface area is 122 Å². The van der Waals surface area contributed by atoms with Crippen molar-refractivity contribution in [1.29, 1.82) is 0 Å². The van der Waals surface area contributed by atoms with Crippen LogP contribution in [0.25, 0.3) is 10.9 Å². The van der Waals surface area contributed by atoms with Gasteiger partial charge in [-0.1, -0.05) is 39.5 Å². The Hall–Kier alpha value is -0.830. The fourth-order valence-corrected chi connectivity index (χ4v) is 3.16. The Balaban J connectivity index is 2.16. The number of aromatic nitrogens is 1. The van der Waals surface area contributed by atoms with Crippen LogP contribution in [0.3, 0.4) is 0 Å². The van der Waals surface area contributed by atoms with Gasteiger partial charge in [0.05, 0.1) is 5.52 Å². The van der Waals surface area contributed by atoms with Crippen molar-refractivity contribution in [2.24, 2.45) is 0 Å². The highest BCUT2D eigenvalue weighted by Gasteiger charge is 2.13. The summed E-state index contributed by atoms with van der Waals surface area (Å²) in [6, 6.07) is 3.14. The molecule has 0 spiro atoms. The van der Waals surface area contributed by atoms with Gasteiger partial charge in [-0.05, 0) is 46.0 Å². The van der Waals surface area contributed by atoms with Crippen molar-refractivity contribution in [3.05, 3.63) is 34.2 Å². The molecule has 104 valence electrons. The average Bonchev–Trinajstić information content (AvgIpc) is 2.78. The fraction of sp³-hybridized carbons (Fsp3) is 0.500. The number of halogens is 2. The number of unbranched alkanes of at least 4 members (excludes halogenated alkanes) is 3. The van der Waals surface area contributed by atoms with Crippen LogP contribution in [0.15, 0.2) is 22.8 Å². The van der Waals surface area contributed by atoms with Crippen LogP contribution in [0.5, 0.6) is 0 Å². The molecule has 2 rings (SSSR count). The molecule has 0 amide bonds. The van der Waals surface area contributed by atoms with Crippen LogP contribution in [0.4, 0.5) is 4.39 Å². The zero-order valence-corrected chi connectivity index (χ0v) is 13.2. The Bertz CT molecular complexity index is 547. The van der Waals surface area contributed by atoms with Crippen LogP contribution in [0.1, 0.15) is 57.4 Å². The van der Waals surface area contributed by atoms with Crippen molar-refractivity contribution in [2.45, 2.75) is 51.9 Å². The summed E-state index contributed by atoms with van der Waals surface area (Å²) < 4.78 is 14.3. The van der Waals surface area contributed by atoms with E-state index in [-0.39, 0.29) is 5.82 Å². The second-order valence-electron chi connectivity index (χ2n) is 5.30. The normalized spacial score (nSPS) is 13.1. The Kier molecular flexibility index (Phi) is 5.03. The lowest BCUT2D eigenvalue weighted by atomic mass is 9.94. The second-order valence-corrected chi connectivity index (χ2v) is 6.16. The number of hydrogen-bond acceptors (Lipinski definition) is 0.